The van der Waals surface area contributed by atoms with Crippen molar-refractivity contribution in [3.8, 4) is 28.7 Å². The molecule has 0 aliphatic carbocycles. The maximum absolute atomic E-state index is 13.2. The minimum atomic E-state index is -0.980. The number of aliphatic hydroxyl groups excluding tert-OH is 1. The normalized spacial score (nSPS) is 17.6. The van der Waals surface area contributed by atoms with Gasteiger partial charge in [-0.3, -0.25) is 48.8 Å². The number of carboxylic acid groups (broad SMARTS) is 1. The summed E-state index contributed by atoms with van der Waals surface area (Å²) in [6.07, 6.45) is 15.3. The molecule has 0 unspecified atom stereocenters. The molecule has 0 spiro atoms. The molecule has 0 atom stereocenters. The summed E-state index contributed by atoms with van der Waals surface area (Å²) >= 11 is 5.35. The molecule has 30 nitrogen and oxygen atoms in total. The number of carbonyl (C=O) groups excluding carboxylic acids is 4. The number of hydrogen-bond donors (Lipinski definition) is 5. The molecule has 9 heterocycles. The van der Waals surface area contributed by atoms with E-state index in [1.165, 1.54) is 24.3 Å². The number of nitro benzene ring substituents is 2. The summed E-state index contributed by atoms with van der Waals surface area (Å²) in [6, 6.07) is 38.3. The van der Waals surface area contributed by atoms with E-state index in [0.29, 0.717) is 46.1 Å². The second kappa shape index (κ2) is 56.4. The number of ether oxygens (including phenoxy) is 4. The summed E-state index contributed by atoms with van der Waals surface area (Å²) in [5.41, 5.74) is 15.8. The number of piperidine rings is 8. The van der Waals surface area contributed by atoms with Gasteiger partial charge >= 0.3 is 5.97 Å². The number of aromatic nitrogens is 2. The van der Waals surface area contributed by atoms with Crippen molar-refractivity contribution in [3.05, 3.63) is 187 Å². The molecule has 0 bridgehead atoms. The molecule has 6 aromatic carbocycles. The van der Waals surface area contributed by atoms with Gasteiger partial charge in [0.05, 0.1) is 32.0 Å². The van der Waals surface area contributed by atoms with Gasteiger partial charge < -0.3 is 80.2 Å². The fourth-order valence-corrected chi connectivity index (χ4v) is 16.3. The van der Waals surface area contributed by atoms with Crippen molar-refractivity contribution >= 4 is 86.6 Å². The van der Waals surface area contributed by atoms with E-state index in [-0.39, 0.29) is 111 Å². The predicted octanol–water partition coefficient (Wildman–Crippen LogP) is 15.1. The lowest BCUT2D eigenvalue weighted by atomic mass is 9.94. The van der Waals surface area contributed by atoms with E-state index in [2.05, 4.69) is 58.1 Å². The van der Waals surface area contributed by atoms with E-state index in [1.807, 2.05) is 116 Å². The highest BCUT2D eigenvalue weighted by molar-refractivity contribution is 6.64. The number of amides is 3. The average molecular weight is 1820 g/mol. The Labute approximate surface area is 769 Å². The van der Waals surface area contributed by atoms with Crippen molar-refractivity contribution in [2.45, 2.75) is 184 Å². The van der Waals surface area contributed by atoms with Crippen LogP contribution in [0.2, 0.25) is 0 Å². The molecule has 7 N–H and O–H groups in total. The van der Waals surface area contributed by atoms with Crippen molar-refractivity contribution in [2.75, 3.05) is 151 Å². The summed E-state index contributed by atoms with van der Waals surface area (Å²) in [7, 11) is 9.41. The summed E-state index contributed by atoms with van der Waals surface area (Å²) in [5.74, 6) is 4.32. The molecule has 3 amide bonds. The molecule has 32 heteroatoms. The smallest absolute Gasteiger partial charge is 0.337 e. The van der Waals surface area contributed by atoms with Crippen LogP contribution in [-0.4, -0.2) is 257 Å². The number of nitrogens with one attached hydrogen (secondary N) is 1. The third-order valence-corrected chi connectivity index (χ3v) is 24.0. The highest BCUT2D eigenvalue weighted by Gasteiger charge is 2.35. The Kier molecular flexibility index (Phi) is 48.6. The SMILES string of the molecule is C.C.C.CC.CN1CCC(C(=O)Cl)CC1.CN1CCC(C(=O)N2CCC(Oc3ccc(N)cc3)CC2)CC1.CN1CCC(C(=O)N2CCC(Oc3ccc([N+](=O)[O-])cc3)CC2)CC1.CO.Cc1ccc(N)c(C(=O)O)c1.Cc1ccc2nc(C)n(-c3ccc(OC4CCN(C(=O)C5CCN(C)CC5)CC4)cc3)c(=O)c2c1.Cl.O=[N+]([O-])c1ccc(OC2CCNCC2)cc1. The Morgan fingerprint density at radius 2 is 0.750 bits per heavy atom. The van der Waals surface area contributed by atoms with Crippen LogP contribution in [0.15, 0.2) is 138 Å². The Morgan fingerprint density at radius 3 is 1.07 bits per heavy atom. The van der Waals surface area contributed by atoms with Gasteiger partial charge in [0.1, 0.15) is 53.2 Å². The van der Waals surface area contributed by atoms with E-state index in [0.717, 1.165) is 254 Å². The van der Waals surface area contributed by atoms with Gasteiger partial charge in [0.2, 0.25) is 23.0 Å². The minimum absolute atomic E-state index is 0. The van der Waals surface area contributed by atoms with Gasteiger partial charge in [-0.2, -0.15) is 0 Å². The number of nitrogens with zero attached hydrogens (tertiary/aromatic N) is 11. The molecule has 15 rings (SSSR count). The van der Waals surface area contributed by atoms with Crippen LogP contribution in [0.1, 0.15) is 166 Å². The first kappa shape index (κ1) is 110. The van der Waals surface area contributed by atoms with Crippen LogP contribution in [-0.2, 0) is 19.2 Å². The highest BCUT2D eigenvalue weighted by Crippen LogP contribution is 2.31. The molecule has 8 aliphatic rings. The number of halogens is 2. The first-order valence-electron chi connectivity index (χ1n) is 43.8. The van der Waals surface area contributed by atoms with Gasteiger partial charge in [-0.25, -0.2) is 9.78 Å². The molecule has 0 radical (unpaired) electrons. The Bertz CT molecular complexity index is 4550. The Hall–Kier alpha value is -10.1. The van der Waals surface area contributed by atoms with Crippen molar-refractivity contribution in [1.82, 2.24) is 49.2 Å². The van der Waals surface area contributed by atoms with Gasteiger partial charge in [-0.05, 0) is 287 Å². The zero-order valence-corrected chi connectivity index (χ0v) is 76.0. The van der Waals surface area contributed by atoms with Crippen molar-refractivity contribution in [3.63, 3.8) is 0 Å². The lowest BCUT2D eigenvalue weighted by Crippen LogP contribution is -2.46. The van der Waals surface area contributed by atoms with E-state index in [4.69, 9.17) is 52.2 Å². The second-order valence-electron chi connectivity index (χ2n) is 32.9. The molecule has 8 aliphatic heterocycles. The third-order valence-electron chi connectivity index (χ3n) is 23.7. The number of rotatable bonds is 16. The molecule has 7 aromatic rings. The topological polar surface area (TPSA) is 371 Å². The van der Waals surface area contributed by atoms with Crippen LogP contribution < -0.4 is 41.3 Å². The number of carboxylic acids is 1. The number of non-ortho nitro benzene ring substituents is 2. The number of nitro groups is 2. The van der Waals surface area contributed by atoms with Crippen molar-refractivity contribution in [1.29, 1.82) is 0 Å². The fourth-order valence-electron chi connectivity index (χ4n) is 16.1. The summed E-state index contributed by atoms with van der Waals surface area (Å²) in [4.78, 5) is 113. The number of likely N-dealkylation sites (tertiary alicyclic amines) is 7. The monoisotopic (exact) mass is 1820 g/mol. The highest BCUT2D eigenvalue weighted by atomic mass is 35.5. The zero-order valence-electron chi connectivity index (χ0n) is 74.4. The number of anilines is 2. The Morgan fingerprint density at radius 1 is 0.445 bits per heavy atom. The lowest BCUT2D eigenvalue weighted by Gasteiger charge is -2.36. The number of aromatic carboxylic acids is 1. The molecule has 8 fully saturated rings. The third kappa shape index (κ3) is 34.8. The molecule has 0 saturated carbocycles. The van der Waals surface area contributed by atoms with Crippen molar-refractivity contribution in [2.24, 2.45) is 23.7 Å². The maximum atomic E-state index is 13.2. The number of carbonyl (C=O) groups is 5. The number of benzene rings is 6. The van der Waals surface area contributed by atoms with Gasteiger partial charge in [0, 0.05) is 144 Å². The number of hydrogen-bond acceptors (Lipinski definition) is 23. The first-order chi connectivity index (χ1) is 59.6. The number of aliphatic hydroxyl groups is 1. The van der Waals surface area contributed by atoms with E-state index in [1.54, 1.807) is 47.0 Å². The largest absolute Gasteiger partial charge is 0.490 e. The van der Waals surface area contributed by atoms with E-state index >= 15 is 0 Å². The van der Waals surface area contributed by atoms with E-state index in [9.17, 15) is 49.0 Å². The number of aryl methyl sites for hydroxylation is 3. The maximum Gasteiger partial charge on any atom is 0.337 e. The quantitative estimate of drug-likeness (QED) is 0.0260. The van der Waals surface area contributed by atoms with Crippen LogP contribution in [0, 0.1) is 64.7 Å². The summed E-state index contributed by atoms with van der Waals surface area (Å²) < 4.78 is 25.5. The lowest BCUT2D eigenvalue weighted by molar-refractivity contribution is -0.385. The molecule has 1 aromatic heterocycles. The first-order valence-corrected chi connectivity index (χ1v) is 44.1. The van der Waals surface area contributed by atoms with Crippen LogP contribution in [0.4, 0.5) is 22.7 Å². The minimum Gasteiger partial charge on any atom is -0.490 e. The van der Waals surface area contributed by atoms with Gasteiger partial charge in [0.15, 0.2) is 0 Å². The number of nitrogen functional groups attached to an aromatic ring is 2. The van der Waals surface area contributed by atoms with Gasteiger partial charge in [-0.1, -0.05) is 59.4 Å². The number of fused-ring (bicyclic) bond motifs is 1. The molecular formula is C96H144Cl2N14O16. The van der Waals surface area contributed by atoms with Gasteiger partial charge in [-0.15, -0.1) is 12.4 Å². The zero-order chi connectivity index (χ0) is 89.9. The van der Waals surface area contributed by atoms with Crippen molar-refractivity contribution < 1.29 is 63.0 Å². The predicted molar refractivity (Wildman–Crippen MR) is 512 cm³/mol. The molecular weight excluding hydrogens is 1680 g/mol. The second-order valence-corrected chi connectivity index (χ2v) is 33.3. The van der Waals surface area contributed by atoms with Gasteiger partial charge in [0.25, 0.3) is 16.9 Å². The van der Waals surface area contributed by atoms with Crippen LogP contribution in [0.5, 0.6) is 23.0 Å². The van der Waals surface area contributed by atoms with Crippen LogP contribution in [0.25, 0.3) is 16.6 Å². The standard InChI is InChI=1S/C28H34N4O3.C18H25N3O4.C18H27N3O2.C11H14N2O3.C8H9NO2.C7H12ClNO.C2H6.CH4O.3CH4.ClH/c1-19-4-9-26-25(18-19)28(34)32(20(2)29-26)22-5-7-23(8-6-22)35-24-12-16-31(17-13-24)27(33)21-10-14-30(3)15-11-21;1-19-10-6-14(7-11-19)18(22)20-12-8-17(9-13-20)25-16-4-2-15(3-5-16)21(23)24;1-20-10-6-14(7-11-20)18(22)21-12-8-17(9-13-21)23-16-4-2-15(19)3-5-16;14-13(15)9-1-3-10(4-2-9)16-11-5-7-12-8-6-11;1-5-2-3-7(9)6(4-5)8(10)11;1-9-4-2-6(3-5-9)7(8)10;2*1-2;;;;/h4-9,18,21,24H,10-17H2,1-3H3;2-5,14,17H,6-13H2,1H3;2-5,14,17H,6-13,19H2,1H3;1-4,11-12H,5-8H2;2-4H,9H2,1H3,(H,10,11);6H,2-5H2,1H3;1-2H3;2H,1H3;3*1H4;1H. The molecule has 128 heavy (non-hydrogen) atoms. The molecule has 8 saturated heterocycles. The van der Waals surface area contributed by atoms with E-state index < -0.39 is 15.8 Å². The average Bonchev–Trinajstić information content (AvgIpc) is 0.773. The molecule has 708 valence electrons. The van der Waals surface area contributed by atoms with Crippen LogP contribution in [0.3, 0.4) is 0 Å². The van der Waals surface area contributed by atoms with Crippen LogP contribution >= 0.6 is 24.0 Å². The number of nitrogens with two attached hydrogens (primary N) is 2. The summed E-state index contributed by atoms with van der Waals surface area (Å²) in [6.45, 7) is 24.3. The summed E-state index contributed by atoms with van der Waals surface area (Å²) in [5, 5.41) is 40.5. The fraction of sp³-hybridized carbons (Fsp3) is 0.552. The Balaban J connectivity index is 0.000000332.